The summed E-state index contributed by atoms with van der Waals surface area (Å²) in [5, 5.41) is 45.5. The number of aliphatic hydroxyl groups excluding tert-OH is 2. The third-order valence-electron chi connectivity index (χ3n) is 7.76. The number of carbonyl (C=O) groups is 1. The number of nitrogens with zero attached hydrogens (tertiary/aromatic N) is 4. The van der Waals surface area contributed by atoms with Crippen molar-refractivity contribution in [2.24, 2.45) is 5.73 Å². The molecule has 230 valence electrons. The van der Waals surface area contributed by atoms with Gasteiger partial charge in [0.25, 0.3) is 0 Å². The van der Waals surface area contributed by atoms with Crippen molar-refractivity contribution in [3.8, 4) is 22.9 Å². The number of hydrogen-bond acceptors (Lipinski definition) is 11. The molecule has 1 saturated heterocycles. The van der Waals surface area contributed by atoms with Crippen LogP contribution in [-0.2, 0) is 16.1 Å². The maximum atomic E-state index is 11.3. The number of fused-ring (bicyclic) bond motifs is 1. The zero-order valence-electron chi connectivity index (χ0n) is 24.2. The predicted molar refractivity (Wildman–Crippen MR) is 162 cm³/mol. The minimum atomic E-state index is -1.85. The van der Waals surface area contributed by atoms with E-state index in [0.29, 0.717) is 25.2 Å². The summed E-state index contributed by atoms with van der Waals surface area (Å²) < 4.78 is 13.5. The average molecular weight is 602 g/mol. The summed E-state index contributed by atoms with van der Waals surface area (Å²) >= 11 is 0. The topological polar surface area (TPSA) is 215 Å². The van der Waals surface area contributed by atoms with Crippen LogP contribution >= 0.6 is 0 Å². The molecule has 4 aromatic rings. The van der Waals surface area contributed by atoms with E-state index < -0.39 is 30.6 Å². The monoisotopic (exact) mass is 601 g/mol. The second-order valence-corrected chi connectivity index (χ2v) is 10.9. The number of amides is 1. The Morgan fingerprint density at radius 3 is 2.68 bits per heavy atom. The Labute approximate surface area is 253 Å². The van der Waals surface area contributed by atoms with Crippen molar-refractivity contribution in [1.82, 2.24) is 14.5 Å². The van der Waals surface area contributed by atoms with E-state index in [4.69, 9.17) is 20.9 Å². The molecule has 0 spiro atoms. The van der Waals surface area contributed by atoms with Crippen LogP contribution in [0.1, 0.15) is 43.5 Å². The number of carbonyl (C=O) groups excluding carboxylic acids is 1. The van der Waals surface area contributed by atoms with Gasteiger partial charge < -0.3 is 41.6 Å². The predicted octanol–water partition coefficient (Wildman–Crippen LogP) is 2.20. The minimum Gasteiger partial charge on any atom is -0.493 e. The van der Waals surface area contributed by atoms with E-state index in [-0.39, 0.29) is 47.1 Å². The molecule has 8 N–H and O–H groups in total. The van der Waals surface area contributed by atoms with Crippen LogP contribution < -0.4 is 21.5 Å². The van der Waals surface area contributed by atoms with E-state index in [1.165, 1.54) is 17.8 Å². The molecule has 0 bridgehead atoms. The second-order valence-electron chi connectivity index (χ2n) is 10.9. The summed E-state index contributed by atoms with van der Waals surface area (Å²) in [7, 11) is 0. The number of nitrogens with one attached hydrogen (secondary N) is 1. The zero-order valence-corrected chi connectivity index (χ0v) is 24.2. The Balaban J connectivity index is 1.50. The number of rotatable bonds is 12. The van der Waals surface area contributed by atoms with Crippen molar-refractivity contribution >= 4 is 28.6 Å². The fourth-order valence-corrected chi connectivity index (χ4v) is 5.45. The first-order valence-electron chi connectivity index (χ1n) is 14.2. The zero-order chi connectivity index (χ0) is 31.4. The number of nitrogen functional groups attached to an aromatic ring is 1. The van der Waals surface area contributed by atoms with Gasteiger partial charge >= 0.3 is 0 Å². The number of primary amides is 1. The molecule has 0 saturated carbocycles. The molecular weight excluding hydrogens is 566 g/mol. The Hall–Kier alpha value is -4.74. The summed E-state index contributed by atoms with van der Waals surface area (Å²) in [5.74, 6) is 0.592. The third-order valence-corrected chi connectivity index (χ3v) is 7.76. The van der Waals surface area contributed by atoms with E-state index in [1.807, 2.05) is 48.5 Å². The van der Waals surface area contributed by atoms with E-state index >= 15 is 0 Å². The lowest BCUT2D eigenvalue weighted by Crippen LogP contribution is -2.44. The third kappa shape index (κ3) is 5.88. The van der Waals surface area contributed by atoms with Crippen LogP contribution in [0.15, 0.2) is 54.9 Å². The van der Waals surface area contributed by atoms with E-state index in [0.717, 1.165) is 16.7 Å². The van der Waals surface area contributed by atoms with Gasteiger partial charge in [-0.1, -0.05) is 42.5 Å². The first kappa shape index (κ1) is 30.7. The molecule has 1 fully saturated rings. The van der Waals surface area contributed by atoms with Crippen molar-refractivity contribution < 1.29 is 29.6 Å². The normalized spacial score (nSPS) is 21.3. The lowest BCUT2D eigenvalue weighted by atomic mass is 9.96. The lowest BCUT2D eigenvalue weighted by Gasteiger charge is -2.29. The molecule has 0 radical (unpaired) electrons. The molecule has 1 aliphatic heterocycles. The van der Waals surface area contributed by atoms with Gasteiger partial charge in [0.1, 0.15) is 53.2 Å². The Bertz CT molecular complexity index is 1680. The van der Waals surface area contributed by atoms with Gasteiger partial charge in [-0.25, -0.2) is 9.97 Å². The van der Waals surface area contributed by atoms with E-state index in [2.05, 4.69) is 21.4 Å². The first-order chi connectivity index (χ1) is 21.2. The highest BCUT2D eigenvalue weighted by atomic mass is 16.6. The van der Waals surface area contributed by atoms with Gasteiger partial charge in [-0.3, -0.25) is 9.36 Å². The van der Waals surface area contributed by atoms with Gasteiger partial charge in [0, 0.05) is 18.5 Å². The summed E-state index contributed by atoms with van der Waals surface area (Å²) in [4.78, 5) is 19.5. The van der Waals surface area contributed by atoms with Gasteiger partial charge in [0.2, 0.25) is 5.91 Å². The number of aromatic nitrogens is 3. The highest BCUT2D eigenvalue weighted by Gasteiger charge is 2.54. The molecule has 3 heterocycles. The quantitative estimate of drug-likeness (QED) is 0.129. The highest BCUT2D eigenvalue weighted by molar-refractivity contribution is 5.97. The van der Waals surface area contributed by atoms with Crippen molar-refractivity contribution in [3.63, 3.8) is 0 Å². The standard InChI is InChI=1S/C31H35N7O6/c1-31(42)26(41)23(16-39)44-30(31)38-28(21(14-32)25-27(34)36-17-37-29(25)38)35-15-18-10-11-20(19-7-3-2-4-8-19)22(13-18)43-12-6-5-9-24(33)40/h2-4,7-8,10-11,13,17,23,26,30,35,39,41-42H,5-6,9,12,15-16H2,1H3,(H2,33,40)(H2,34,36,37)/t23-,26-,30-,31-/m1/s1. The Morgan fingerprint density at radius 2 is 2.00 bits per heavy atom. The van der Waals surface area contributed by atoms with Crippen LogP contribution in [0.3, 0.4) is 0 Å². The fourth-order valence-electron chi connectivity index (χ4n) is 5.45. The van der Waals surface area contributed by atoms with Gasteiger partial charge in [0.15, 0.2) is 11.9 Å². The summed E-state index contributed by atoms with van der Waals surface area (Å²) in [5.41, 5.74) is 12.6. The van der Waals surface area contributed by atoms with E-state index in [1.54, 1.807) is 0 Å². The largest absolute Gasteiger partial charge is 0.493 e. The number of nitriles is 1. The molecule has 1 aliphatic rings. The maximum absolute atomic E-state index is 11.3. The molecular formula is C31H35N7O6. The molecule has 2 aromatic heterocycles. The number of anilines is 2. The Kier molecular flexibility index (Phi) is 8.98. The molecule has 0 aliphatic carbocycles. The van der Waals surface area contributed by atoms with Crippen LogP contribution in [-0.4, -0.2) is 66.8 Å². The number of ether oxygens (including phenoxy) is 2. The number of aliphatic hydroxyl groups is 3. The molecule has 44 heavy (non-hydrogen) atoms. The molecule has 4 atom stereocenters. The number of nitrogens with two attached hydrogens (primary N) is 2. The molecule has 13 heteroatoms. The lowest BCUT2D eigenvalue weighted by molar-refractivity contribution is -0.118. The van der Waals surface area contributed by atoms with Gasteiger partial charge in [0.05, 0.1) is 18.6 Å². The number of hydrogen-bond donors (Lipinski definition) is 6. The Morgan fingerprint density at radius 1 is 1.23 bits per heavy atom. The molecule has 1 amide bonds. The number of unbranched alkanes of at least 4 members (excludes halogenated alkanes) is 1. The second kappa shape index (κ2) is 12.9. The van der Waals surface area contributed by atoms with Crippen LogP contribution in [0, 0.1) is 11.3 Å². The van der Waals surface area contributed by atoms with Gasteiger partial charge in [-0.15, -0.1) is 0 Å². The SMILES string of the molecule is C[C@@]1(O)[C@H](O)[C@@H](CO)O[C@H]1n1c(NCc2ccc(-c3ccccc3)c(OCCCCC(N)=O)c2)c(C#N)c2c(N)ncnc21. The summed E-state index contributed by atoms with van der Waals surface area (Å²) in [6.07, 6.45) is -0.927. The van der Waals surface area contributed by atoms with Crippen molar-refractivity contribution in [3.05, 3.63) is 66.0 Å². The fraction of sp³-hybridized carbons (Fsp3) is 0.355. The minimum absolute atomic E-state index is 0.0597. The van der Waals surface area contributed by atoms with Crippen molar-refractivity contribution in [2.45, 2.75) is 56.8 Å². The molecule has 5 rings (SSSR count). The van der Waals surface area contributed by atoms with Crippen LogP contribution in [0.2, 0.25) is 0 Å². The van der Waals surface area contributed by atoms with Crippen LogP contribution in [0.5, 0.6) is 5.75 Å². The average Bonchev–Trinajstić information content (AvgIpc) is 3.45. The smallest absolute Gasteiger partial charge is 0.217 e. The highest BCUT2D eigenvalue weighted by Crippen LogP contribution is 2.44. The molecule has 0 unspecified atom stereocenters. The molecule has 2 aromatic carbocycles. The van der Waals surface area contributed by atoms with Crippen molar-refractivity contribution in [2.75, 3.05) is 24.3 Å². The van der Waals surface area contributed by atoms with Crippen LogP contribution in [0.25, 0.3) is 22.2 Å². The number of benzene rings is 2. The van der Waals surface area contributed by atoms with E-state index in [9.17, 15) is 25.4 Å². The van der Waals surface area contributed by atoms with Gasteiger partial charge in [-0.05, 0) is 37.0 Å². The van der Waals surface area contributed by atoms with Crippen LogP contribution in [0.4, 0.5) is 11.6 Å². The summed E-state index contributed by atoms with van der Waals surface area (Å²) in [6.45, 7) is 1.46. The first-order valence-corrected chi connectivity index (χ1v) is 14.2. The van der Waals surface area contributed by atoms with Gasteiger partial charge in [-0.2, -0.15) is 5.26 Å². The molecule has 13 nitrogen and oxygen atoms in total. The summed E-state index contributed by atoms with van der Waals surface area (Å²) in [6, 6.07) is 17.7. The maximum Gasteiger partial charge on any atom is 0.217 e. The van der Waals surface area contributed by atoms with Crippen molar-refractivity contribution in [1.29, 1.82) is 5.26 Å².